The molecule has 0 amide bonds. The molecule has 0 bridgehead atoms. The van der Waals surface area contributed by atoms with Gasteiger partial charge in [0.1, 0.15) is 0 Å². The Bertz CT molecular complexity index is 174. The topological polar surface area (TPSA) is 12.0 Å². The van der Waals surface area contributed by atoms with Crippen LogP contribution in [0.1, 0.15) is 65.7 Å². The van der Waals surface area contributed by atoms with Gasteiger partial charge in [0.2, 0.25) is 0 Å². The van der Waals surface area contributed by atoms with Crippen molar-refractivity contribution in [3.63, 3.8) is 0 Å². The maximum absolute atomic E-state index is 3.56. The molecule has 90 valence electrons. The molecule has 0 spiro atoms. The number of unbranched alkanes of at least 4 members (excludes halogenated alkanes) is 1. The van der Waals surface area contributed by atoms with Crippen LogP contribution in [0.5, 0.6) is 0 Å². The van der Waals surface area contributed by atoms with E-state index in [0.717, 1.165) is 12.0 Å². The minimum atomic E-state index is 0.555. The third-order valence-electron chi connectivity index (χ3n) is 4.32. The quantitative estimate of drug-likeness (QED) is 0.725. The summed E-state index contributed by atoms with van der Waals surface area (Å²) in [5.41, 5.74) is 0.555. The van der Waals surface area contributed by atoms with E-state index in [4.69, 9.17) is 0 Å². The van der Waals surface area contributed by atoms with E-state index < -0.39 is 0 Å². The summed E-state index contributed by atoms with van der Waals surface area (Å²) < 4.78 is 0. The van der Waals surface area contributed by atoms with Gasteiger partial charge < -0.3 is 5.32 Å². The molecule has 0 heterocycles. The van der Waals surface area contributed by atoms with Crippen molar-refractivity contribution in [3.05, 3.63) is 0 Å². The molecule has 1 fully saturated rings. The molecule has 1 N–H and O–H groups in total. The van der Waals surface area contributed by atoms with Crippen LogP contribution in [0.2, 0.25) is 0 Å². The van der Waals surface area contributed by atoms with Crippen LogP contribution >= 0.6 is 0 Å². The van der Waals surface area contributed by atoms with Crippen LogP contribution in [0.15, 0.2) is 0 Å². The van der Waals surface area contributed by atoms with Gasteiger partial charge in [-0.25, -0.2) is 0 Å². The van der Waals surface area contributed by atoms with Crippen LogP contribution in [0.3, 0.4) is 0 Å². The molecule has 2 atom stereocenters. The Kier molecular flexibility index (Phi) is 5.11. The normalized spacial score (nSPS) is 27.6. The Morgan fingerprint density at radius 2 is 2.07 bits per heavy atom. The zero-order valence-electron chi connectivity index (χ0n) is 11.1. The van der Waals surface area contributed by atoms with Gasteiger partial charge >= 0.3 is 0 Å². The van der Waals surface area contributed by atoms with E-state index >= 15 is 0 Å². The third-order valence-corrected chi connectivity index (χ3v) is 4.32. The lowest BCUT2D eigenvalue weighted by Crippen LogP contribution is -2.43. The summed E-state index contributed by atoms with van der Waals surface area (Å²) in [5.74, 6) is 0.891. The zero-order valence-corrected chi connectivity index (χ0v) is 11.1. The third kappa shape index (κ3) is 3.48. The Morgan fingerprint density at radius 3 is 2.60 bits per heavy atom. The van der Waals surface area contributed by atoms with Crippen LogP contribution < -0.4 is 5.32 Å². The first-order chi connectivity index (χ1) is 7.11. The van der Waals surface area contributed by atoms with Gasteiger partial charge in [-0.1, -0.05) is 46.5 Å². The molecule has 1 aliphatic carbocycles. The summed E-state index contributed by atoms with van der Waals surface area (Å²) >= 11 is 0. The van der Waals surface area contributed by atoms with Crippen LogP contribution in [-0.4, -0.2) is 13.1 Å². The van der Waals surface area contributed by atoms with Gasteiger partial charge in [-0.05, 0) is 37.6 Å². The van der Waals surface area contributed by atoms with E-state index in [-0.39, 0.29) is 0 Å². The minimum absolute atomic E-state index is 0.555. The summed E-state index contributed by atoms with van der Waals surface area (Å²) in [5, 5.41) is 3.56. The molecule has 1 nitrogen and oxygen atoms in total. The molecule has 0 aliphatic heterocycles. The maximum Gasteiger partial charge on any atom is 0.00974 e. The van der Waals surface area contributed by atoms with Crippen molar-refractivity contribution < 1.29 is 0 Å². The Labute approximate surface area is 96.0 Å². The van der Waals surface area contributed by atoms with Gasteiger partial charge in [0, 0.05) is 6.04 Å². The molecule has 0 aromatic rings. The molecule has 1 rings (SSSR count). The average Bonchev–Trinajstić information content (AvgIpc) is 2.20. The van der Waals surface area contributed by atoms with Gasteiger partial charge in [0.25, 0.3) is 0 Å². The Hall–Kier alpha value is -0.0400. The van der Waals surface area contributed by atoms with E-state index in [9.17, 15) is 0 Å². The largest absolute Gasteiger partial charge is 0.317 e. The number of rotatable bonds is 5. The first-order valence-electron chi connectivity index (χ1n) is 6.79. The van der Waals surface area contributed by atoms with Crippen molar-refractivity contribution in [2.45, 2.75) is 71.8 Å². The zero-order chi connectivity index (χ0) is 11.3. The second-order valence-electron chi connectivity index (χ2n) is 5.88. The molecule has 15 heavy (non-hydrogen) atoms. The molecule has 0 radical (unpaired) electrons. The van der Waals surface area contributed by atoms with E-state index in [0.29, 0.717) is 5.41 Å². The molecule has 0 aromatic carbocycles. The summed E-state index contributed by atoms with van der Waals surface area (Å²) in [4.78, 5) is 0. The number of hydrogen-bond donors (Lipinski definition) is 1. The van der Waals surface area contributed by atoms with Crippen molar-refractivity contribution in [1.82, 2.24) is 5.32 Å². The van der Waals surface area contributed by atoms with Gasteiger partial charge in [0.15, 0.2) is 0 Å². The lowest BCUT2D eigenvalue weighted by Gasteiger charge is -2.43. The summed E-state index contributed by atoms with van der Waals surface area (Å²) in [6.45, 7) is 7.22. The summed E-state index contributed by atoms with van der Waals surface area (Å²) in [7, 11) is 2.14. The highest BCUT2D eigenvalue weighted by molar-refractivity contribution is 4.89. The fourth-order valence-electron chi connectivity index (χ4n) is 3.24. The fourth-order valence-corrected chi connectivity index (χ4v) is 3.24. The lowest BCUT2D eigenvalue weighted by atomic mass is 9.65. The van der Waals surface area contributed by atoms with Crippen molar-refractivity contribution in [2.75, 3.05) is 7.05 Å². The lowest BCUT2D eigenvalue weighted by molar-refractivity contribution is 0.0968. The van der Waals surface area contributed by atoms with Gasteiger partial charge in [-0.2, -0.15) is 0 Å². The summed E-state index contributed by atoms with van der Waals surface area (Å²) in [6, 6.07) is 0.750. The molecule has 1 saturated carbocycles. The molecule has 1 heteroatoms. The van der Waals surface area contributed by atoms with Gasteiger partial charge in [-0.3, -0.25) is 0 Å². The van der Waals surface area contributed by atoms with Crippen LogP contribution in [0.4, 0.5) is 0 Å². The first kappa shape index (κ1) is 13.0. The number of hydrogen-bond acceptors (Lipinski definition) is 1. The second-order valence-corrected chi connectivity index (χ2v) is 5.88. The highest BCUT2D eigenvalue weighted by atomic mass is 14.9. The standard InChI is InChI=1S/C14H29N/c1-5-6-10-13(15-4)12-9-7-8-11-14(12,2)3/h12-13,15H,5-11H2,1-4H3. The van der Waals surface area contributed by atoms with E-state index in [1.807, 2.05) is 0 Å². The highest BCUT2D eigenvalue weighted by Crippen LogP contribution is 2.43. The maximum atomic E-state index is 3.56. The predicted octanol–water partition coefficient (Wildman–Crippen LogP) is 3.98. The van der Waals surface area contributed by atoms with Crippen molar-refractivity contribution in [1.29, 1.82) is 0 Å². The molecule has 1 aliphatic rings. The highest BCUT2D eigenvalue weighted by Gasteiger charge is 2.36. The monoisotopic (exact) mass is 211 g/mol. The Balaban J connectivity index is 2.56. The van der Waals surface area contributed by atoms with Gasteiger partial charge in [0.05, 0.1) is 0 Å². The smallest absolute Gasteiger partial charge is 0.00974 e. The van der Waals surface area contributed by atoms with Gasteiger partial charge in [-0.15, -0.1) is 0 Å². The predicted molar refractivity (Wildman–Crippen MR) is 68.1 cm³/mol. The molecule has 2 unspecified atom stereocenters. The SMILES string of the molecule is CCCCC(NC)C1CCCCC1(C)C. The van der Waals surface area contributed by atoms with Crippen LogP contribution in [0, 0.1) is 11.3 Å². The fraction of sp³-hybridized carbons (Fsp3) is 1.00. The first-order valence-corrected chi connectivity index (χ1v) is 6.79. The molecular formula is C14H29N. The van der Waals surface area contributed by atoms with Crippen LogP contribution in [-0.2, 0) is 0 Å². The van der Waals surface area contributed by atoms with E-state index in [1.54, 1.807) is 0 Å². The molecule has 0 aromatic heterocycles. The number of nitrogens with one attached hydrogen (secondary N) is 1. The minimum Gasteiger partial charge on any atom is -0.317 e. The Morgan fingerprint density at radius 1 is 1.33 bits per heavy atom. The average molecular weight is 211 g/mol. The molecular weight excluding hydrogens is 182 g/mol. The molecule has 0 saturated heterocycles. The van der Waals surface area contributed by atoms with E-state index in [1.165, 1.54) is 44.9 Å². The van der Waals surface area contributed by atoms with E-state index in [2.05, 4.69) is 33.1 Å². The van der Waals surface area contributed by atoms with Crippen molar-refractivity contribution in [3.8, 4) is 0 Å². The van der Waals surface area contributed by atoms with Crippen LogP contribution in [0.25, 0.3) is 0 Å². The van der Waals surface area contributed by atoms with Crippen molar-refractivity contribution >= 4 is 0 Å². The van der Waals surface area contributed by atoms with Crippen molar-refractivity contribution in [2.24, 2.45) is 11.3 Å². The summed E-state index contributed by atoms with van der Waals surface area (Å²) in [6.07, 6.45) is 9.79. The second kappa shape index (κ2) is 5.89.